The Labute approximate surface area is 113 Å². The van der Waals surface area contributed by atoms with Crippen LogP contribution in [-0.4, -0.2) is 26.4 Å². The van der Waals surface area contributed by atoms with Crippen LogP contribution in [0.25, 0.3) is 0 Å². The predicted octanol–water partition coefficient (Wildman–Crippen LogP) is 4.28. The normalized spacial score (nSPS) is 18.5. The molecule has 108 valence electrons. The number of rotatable bonds is 8. The molecule has 1 saturated carbocycles. The number of hydrogen-bond donors (Lipinski definition) is 0. The highest BCUT2D eigenvalue weighted by molar-refractivity contribution is 4.90. The highest BCUT2D eigenvalue weighted by atomic mass is 16.5. The molecule has 18 heavy (non-hydrogen) atoms. The van der Waals surface area contributed by atoms with Crippen molar-refractivity contribution in [3.63, 3.8) is 0 Å². The van der Waals surface area contributed by atoms with E-state index in [1.807, 2.05) is 0 Å². The second-order valence-corrected chi connectivity index (χ2v) is 6.00. The summed E-state index contributed by atoms with van der Waals surface area (Å²) in [7, 11) is 0. The first-order chi connectivity index (χ1) is 8.67. The minimum Gasteiger partial charge on any atom is -0.381 e. The summed E-state index contributed by atoms with van der Waals surface area (Å²) in [5, 5.41) is 0. The van der Waals surface area contributed by atoms with Crippen molar-refractivity contribution < 1.29 is 9.47 Å². The van der Waals surface area contributed by atoms with E-state index in [0.29, 0.717) is 5.92 Å². The molecule has 0 N–H and O–H groups in total. The third-order valence-electron chi connectivity index (χ3n) is 4.72. The fourth-order valence-electron chi connectivity index (χ4n) is 3.34. The van der Waals surface area contributed by atoms with Crippen molar-refractivity contribution in [3.8, 4) is 0 Å². The van der Waals surface area contributed by atoms with E-state index < -0.39 is 0 Å². The number of hydrogen-bond acceptors (Lipinski definition) is 2. The van der Waals surface area contributed by atoms with Crippen LogP contribution in [0.4, 0.5) is 0 Å². The van der Waals surface area contributed by atoms with Crippen molar-refractivity contribution in [2.45, 2.75) is 59.8 Å². The molecule has 2 nitrogen and oxygen atoms in total. The van der Waals surface area contributed by atoms with Crippen LogP contribution in [0.15, 0.2) is 0 Å². The Kier molecular flexibility index (Phi) is 7.25. The van der Waals surface area contributed by atoms with Gasteiger partial charge in [-0.25, -0.2) is 0 Å². The monoisotopic (exact) mass is 256 g/mol. The predicted molar refractivity (Wildman–Crippen MR) is 76.8 cm³/mol. The van der Waals surface area contributed by atoms with Crippen LogP contribution >= 0.6 is 0 Å². The lowest BCUT2D eigenvalue weighted by Crippen LogP contribution is -2.45. The largest absolute Gasteiger partial charge is 0.381 e. The summed E-state index contributed by atoms with van der Waals surface area (Å²) >= 11 is 0. The third kappa shape index (κ3) is 3.96. The number of ether oxygens (including phenoxy) is 2. The van der Waals surface area contributed by atoms with Gasteiger partial charge in [0.25, 0.3) is 0 Å². The summed E-state index contributed by atoms with van der Waals surface area (Å²) in [6, 6.07) is 0. The van der Waals surface area contributed by atoms with Crippen molar-refractivity contribution in [2.75, 3.05) is 26.4 Å². The molecule has 1 fully saturated rings. The molecule has 0 unspecified atom stereocenters. The lowest BCUT2D eigenvalue weighted by atomic mass is 9.63. The highest BCUT2D eigenvalue weighted by Gasteiger charge is 2.42. The van der Waals surface area contributed by atoms with Gasteiger partial charge >= 0.3 is 0 Å². The van der Waals surface area contributed by atoms with Crippen molar-refractivity contribution in [1.82, 2.24) is 0 Å². The maximum Gasteiger partial charge on any atom is 0.0549 e. The van der Waals surface area contributed by atoms with Crippen LogP contribution in [0.2, 0.25) is 0 Å². The molecule has 0 radical (unpaired) electrons. The van der Waals surface area contributed by atoms with Crippen LogP contribution in [0.1, 0.15) is 59.8 Å². The lowest BCUT2D eigenvalue weighted by Gasteiger charge is -2.45. The van der Waals surface area contributed by atoms with Crippen LogP contribution in [0.3, 0.4) is 0 Å². The first-order valence-corrected chi connectivity index (χ1v) is 7.82. The van der Waals surface area contributed by atoms with E-state index in [1.54, 1.807) is 0 Å². The first-order valence-electron chi connectivity index (χ1n) is 7.82. The average Bonchev–Trinajstić information content (AvgIpc) is 2.40. The Balaban J connectivity index is 2.78. The Morgan fingerprint density at radius 2 is 1.44 bits per heavy atom. The molecule has 1 aliphatic carbocycles. The second kappa shape index (κ2) is 8.16. The van der Waals surface area contributed by atoms with E-state index in [4.69, 9.17) is 9.47 Å². The van der Waals surface area contributed by atoms with E-state index in [0.717, 1.165) is 32.3 Å². The van der Waals surface area contributed by atoms with Crippen molar-refractivity contribution in [2.24, 2.45) is 17.3 Å². The topological polar surface area (TPSA) is 18.5 Å². The molecule has 0 aromatic heterocycles. The molecule has 0 amide bonds. The van der Waals surface area contributed by atoms with Gasteiger partial charge in [0.2, 0.25) is 0 Å². The van der Waals surface area contributed by atoms with Crippen LogP contribution in [0, 0.1) is 17.3 Å². The third-order valence-corrected chi connectivity index (χ3v) is 4.72. The van der Waals surface area contributed by atoms with E-state index >= 15 is 0 Å². The first kappa shape index (κ1) is 16.0. The average molecular weight is 256 g/mol. The van der Waals surface area contributed by atoms with Gasteiger partial charge in [-0.3, -0.25) is 0 Å². The van der Waals surface area contributed by atoms with Gasteiger partial charge < -0.3 is 9.47 Å². The highest BCUT2D eigenvalue weighted by Crippen LogP contribution is 2.44. The zero-order valence-corrected chi connectivity index (χ0v) is 12.8. The molecular weight excluding hydrogens is 224 g/mol. The molecule has 1 aliphatic rings. The zero-order chi connectivity index (χ0) is 13.4. The minimum atomic E-state index is 0.229. The summed E-state index contributed by atoms with van der Waals surface area (Å²) in [4.78, 5) is 0. The molecule has 0 heterocycles. The van der Waals surface area contributed by atoms with E-state index in [-0.39, 0.29) is 5.41 Å². The molecule has 0 atom stereocenters. The molecule has 0 aliphatic heterocycles. The van der Waals surface area contributed by atoms with Gasteiger partial charge in [0.15, 0.2) is 0 Å². The molecular formula is C16H32O2. The fraction of sp³-hybridized carbons (Fsp3) is 1.00. The van der Waals surface area contributed by atoms with Gasteiger partial charge in [-0.2, -0.15) is 0 Å². The minimum absolute atomic E-state index is 0.229. The van der Waals surface area contributed by atoms with E-state index in [2.05, 4.69) is 27.7 Å². The second-order valence-electron chi connectivity index (χ2n) is 6.00. The van der Waals surface area contributed by atoms with Crippen LogP contribution in [-0.2, 0) is 9.47 Å². The Hall–Kier alpha value is -0.0800. The van der Waals surface area contributed by atoms with Crippen molar-refractivity contribution in [3.05, 3.63) is 0 Å². The molecule has 0 aromatic rings. The van der Waals surface area contributed by atoms with Gasteiger partial charge in [0.1, 0.15) is 0 Å². The van der Waals surface area contributed by atoms with Crippen molar-refractivity contribution >= 4 is 0 Å². The molecule has 2 heteroatoms. The molecule has 0 saturated heterocycles. The molecule has 1 rings (SSSR count). The SMILES string of the molecule is CCOCC(COCC)(C(C)C)C1CCCCC1. The van der Waals surface area contributed by atoms with E-state index in [1.165, 1.54) is 32.1 Å². The van der Waals surface area contributed by atoms with Gasteiger partial charge in [-0.15, -0.1) is 0 Å². The summed E-state index contributed by atoms with van der Waals surface area (Å²) in [5.74, 6) is 1.41. The standard InChI is InChI=1S/C16H32O2/c1-5-17-12-16(14(3)4,13-18-6-2)15-10-8-7-9-11-15/h14-15H,5-13H2,1-4H3. The van der Waals surface area contributed by atoms with Gasteiger partial charge in [-0.05, 0) is 38.5 Å². The zero-order valence-electron chi connectivity index (χ0n) is 12.8. The summed E-state index contributed by atoms with van der Waals surface area (Å²) in [5.41, 5.74) is 0.229. The smallest absolute Gasteiger partial charge is 0.0549 e. The summed E-state index contributed by atoms with van der Waals surface area (Å²) < 4.78 is 11.7. The Morgan fingerprint density at radius 1 is 0.944 bits per heavy atom. The van der Waals surface area contributed by atoms with E-state index in [9.17, 15) is 0 Å². The van der Waals surface area contributed by atoms with Crippen molar-refractivity contribution in [1.29, 1.82) is 0 Å². The summed E-state index contributed by atoms with van der Waals surface area (Å²) in [6.07, 6.45) is 6.90. The van der Waals surface area contributed by atoms with Gasteiger partial charge in [0.05, 0.1) is 13.2 Å². The maximum absolute atomic E-state index is 5.83. The van der Waals surface area contributed by atoms with Gasteiger partial charge in [0, 0.05) is 18.6 Å². The lowest BCUT2D eigenvalue weighted by molar-refractivity contribution is -0.0873. The fourth-order valence-corrected chi connectivity index (χ4v) is 3.34. The Morgan fingerprint density at radius 3 is 1.83 bits per heavy atom. The quantitative estimate of drug-likeness (QED) is 0.645. The van der Waals surface area contributed by atoms with Gasteiger partial charge in [-0.1, -0.05) is 33.1 Å². The van der Waals surface area contributed by atoms with Crippen LogP contribution in [0.5, 0.6) is 0 Å². The van der Waals surface area contributed by atoms with Crippen LogP contribution < -0.4 is 0 Å². The Bertz CT molecular complexity index is 199. The molecule has 0 spiro atoms. The maximum atomic E-state index is 5.83. The summed E-state index contributed by atoms with van der Waals surface area (Å²) in [6.45, 7) is 12.2. The molecule has 0 aromatic carbocycles. The molecule has 0 bridgehead atoms.